The zero-order chi connectivity index (χ0) is 13.8. The minimum atomic E-state index is 0.0216. The van der Waals surface area contributed by atoms with Crippen LogP contribution in [0.4, 0.5) is 5.69 Å². The summed E-state index contributed by atoms with van der Waals surface area (Å²) in [6, 6.07) is 3.82. The van der Waals surface area contributed by atoms with E-state index < -0.39 is 0 Å². The van der Waals surface area contributed by atoms with E-state index in [1.807, 2.05) is 18.3 Å². The number of pyridine rings is 1. The number of hydrogen-bond donors (Lipinski definition) is 2. The molecule has 0 unspecified atom stereocenters. The molecular weight excluding hydrogens is 238 g/mol. The fraction of sp³-hybridized carbons (Fsp3) is 0.571. The Bertz CT molecular complexity index is 418. The lowest BCUT2D eigenvalue weighted by Crippen LogP contribution is -2.47. The Labute approximate surface area is 114 Å². The number of nitrogens with two attached hydrogens (primary N) is 1. The fourth-order valence-corrected chi connectivity index (χ4v) is 2.44. The first kappa shape index (κ1) is 13.8. The molecule has 19 heavy (non-hydrogen) atoms. The molecule has 0 atom stereocenters. The van der Waals surface area contributed by atoms with Crippen LogP contribution in [0.15, 0.2) is 18.3 Å². The summed E-state index contributed by atoms with van der Waals surface area (Å²) in [5.41, 5.74) is 7.07. The molecule has 1 fully saturated rings. The Hall–Kier alpha value is -1.62. The summed E-state index contributed by atoms with van der Waals surface area (Å²) < 4.78 is 0. The van der Waals surface area contributed by atoms with E-state index in [0.29, 0.717) is 5.69 Å². The van der Waals surface area contributed by atoms with Crippen molar-refractivity contribution in [1.82, 2.24) is 9.88 Å². The lowest BCUT2D eigenvalue weighted by Gasteiger charge is -2.36. The van der Waals surface area contributed by atoms with Crippen LogP contribution in [0.1, 0.15) is 19.5 Å². The number of aromatic nitrogens is 1. The highest BCUT2D eigenvalue weighted by molar-refractivity contribution is 5.93. The molecule has 1 aliphatic heterocycles. The lowest BCUT2D eigenvalue weighted by molar-refractivity contribution is 0.231. The van der Waals surface area contributed by atoms with Crippen molar-refractivity contribution in [2.24, 2.45) is 11.7 Å². The van der Waals surface area contributed by atoms with Crippen LogP contribution in [-0.4, -0.2) is 48.4 Å². The molecule has 0 radical (unpaired) electrons. The first-order valence-electron chi connectivity index (χ1n) is 6.84. The Kier molecular flexibility index (Phi) is 4.37. The Morgan fingerprint density at radius 1 is 1.32 bits per heavy atom. The fourth-order valence-electron chi connectivity index (χ4n) is 2.44. The van der Waals surface area contributed by atoms with Gasteiger partial charge in [0.2, 0.25) is 0 Å². The maximum Gasteiger partial charge on any atom is 0.141 e. The van der Waals surface area contributed by atoms with Crippen molar-refractivity contribution in [2.45, 2.75) is 13.8 Å². The first-order chi connectivity index (χ1) is 9.06. The summed E-state index contributed by atoms with van der Waals surface area (Å²) in [5, 5.41) is 7.34. The van der Waals surface area contributed by atoms with E-state index in [1.165, 1.54) is 6.54 Å². The van der Waals surface area contributed by atoms with Gasteiger partial charge in [-0.1, -0.05) is 13.8 Å². The second-order valence-corrected chi connectivity index (χ2v) is 5.50. The summed E-state index contributed by atoms with van der Waals surface area (Å²) in [4.78, 5) is 9.07. The number of nitrogen functional groups attached to an aromatic ring is 1. The molecule has 2 rings (SSSR count). The molecular formula is C14H23N5. The molecule has 3 N–H and O–H groups in total. The van der Waals surface area contributed by atoms with Gasteiger partial charge in [-0.15, -0.1) is 0 Å². The highest BCUT2D eigenvalue weighted by atomic mass is 15.3. The summed E-state index contributed by atoms with van der Waals surface area (Å²) in [6.07, 6.45) is 1.81. The van der Waals surface area contributed by atoms with Crippen LogP contribution in [-0.2, 0) is 0 Å². The van der Waals surface area contributed by atoms with Crippen LogP contribution in [0, 0.1) is 11.3 Å². The molecule has 1 aromatic heterocycles. The minimum Gasteiger partial charge on any atom is -0.382 e. The van der Waals surface area contributed by atoms with Gasteiger partial charge in [-0.25, -0.2) is 0 Å². The van der Waals surface area contributed by atoms with Crippen LogP contribution in [0.2, 0.25) is 0 Å². The SMILES string of the molecule is CC(C)CN1CCN(c2ccc(C(=N)N)nc2)CC1. The third-order valence-corrected chi connectivity index (χ3v) is 3.38. The standard InChI is InChI=1S/C14H23N5/c1-11(2)10-18-5-7-19(8-6-18)12-3-4-13(14(15)16)17-9-12/h3-4,9,11H,5-8,10H2,1-2H3,(H3,15,16). The quantitative estimate of drug-likeness (QED) is 0.630. The molecule has 0 spiro atoms. The highest BCUT2D eigenvalue weighted by Gasteiger charge is 2.17. The zero-order valence-electron chi connectivity index (χ0n) is 11.8. The van der Waals surface area contributed by atoms with Gasteiger partial charge in [-0.2, -0.15) is 0 Å². The summed E-state index contributed by atoms with van der Waals surface area (Å²) >= 11 is 0. The number of piperazine rings is 1. The van der Waals surface area contributed by atoms with E-state index in [-0.39, 0.29) is 5.84 Å². The first-order valence-corrected chi connectivity index (χ1v) is 6.84. The van der Waals surface area contributed by atoms with Crippen molar-refractivity contribution < 1.29 is 0 Å². The smallest absolute Gasteiger partial charge is 0.141 e. The van der Waals surface area contributed by atoms with E-state index in [9.17, 15) is 0 Å². The molecule has 0 bridgehead atoms. The average molecular weight is 261 g/mol. The van der Waals surface area contributed by atoms with Gasteiger partial charge in [-0.05, 0) is 18.1 Å². The minimum absolute atomic E-state index is 0.0216. The van der Waals surface area contributed by atoms with Gasteiger partial charge < -0.3 is 10.6 Å². The molecule has 1 aliphatic rings. The van der Waals surface area contributed by atoms with E-state index in [2.05, 4.69) is 28.6 Å². The molecule has 0 aliphatic carbocycles. The summed E-state index contributed by atoms with van der Waals surface area (Å²) in [5.74, 6) is 0.747. The van der Waals surface area contributed by atoms with Crippen molar-refractivity contribution in [3.05, 3.63) is 24.0 Å². The van der Waals surface area contributed by atoms with Gasteiger partial charge in [0.25, 0.3) is 0 Å². The lowest BCUT2D eigenvalue weighted by atomic mass is 10.2. The predicted octanol–water partition coefficient (Wildman–Crippen LogP) is 1.14. The van der Waals surface area contributed by atoms with Crippen LogP contribution in [0.5, 0.6) is 0 Å². The normalized spacial score (nSPS) is 16.9. The highest BCUT2D eigenvalue weighted by Crippen LogP contribution is 2.16. The van der Waals surface area contributed by atoms with Crippen molar-refractivity contribution in [2.75, 3.05) is 37.6 Å². The van der Waals surface area contributed by atoms with Crippen molar-refractivity contribution in [3.8, 4) is 0 Å². The molecule has 5 heteroatoms. The van der Waals surface area contributed by atoms with E-state index in [0.717, 1.165) is 37.8 Å². The Morgan fingerprint density at radius 2 is 2.00 bits per heavy atom. The zero-order valence-corrected chi connectivity index (χ0v) is 11.8. The summed E-state index contributed by atoms with van der Waals surface area (Å²) in [6.45, 7) is 9.98. The maximum atomic E-state index is 7.34. The number of rotatable bonds is 4. The number of anilines is 1. The van der Waals surface area contributed by atoms with E-state index in [4.69, 9.17) is 11.1 Å². The number of nitrogens with zero attached hydrogens (tertiary/aromatic N) is 3. The van der Waals surface area contributed by atoms with Crippen LogP contribution in [0.25, 0.3) is 0 Å². The number of nitrogens with one attached hydrogen (secondary N) is 1. The largest absolute Gasteiger partial charge is 0.382 e. The van der Waals surface area contributed by atoms with E-state index >= 15 is 0 Å². The summed E-state index contributed by atoms with van der Waals surface area (Å²) in [7, 11) is 0. The number of amidine groups is 1. The van der Waals surface area contributed by atoms with Crippen LogP contribution in [0.3, 0.4) is 0 Å². The van der Waals surface area contributed by atoms with Gasteiger partial charge >= 0.3 is 0 Å². The third kappa shape index (κ3) is 3.67. The average Bonchev–Trinajstić information content (AvgIpc) is 2.39. The predicted molar refractivity (Wildman–Crippen MR) is 78.7 cm³/mol. The van der Waals surface area contributed by atoms with Gasteiger partial charge in [0.05, 0.1) is 11.9 Å². The second kappa shape index (κ2) is 6.02. The molecule has 104 valence electrons. The van der Waals surface area contributed by atoms with Crippen molar-refractivity contribution in [3.63, 3.8) is 0 Å². The van der Waals surface area contributed by atoms with Crippen LogP contribution < -0.4 is 10.6 Å². The molecule has 0 amide bonds. The molecule has 0 aromatic carbocycles. The molecule has 1 aromatic rings. The topological polar surface area (TPSA) is 69.2 Å². The van der Waals surface area contributed by atoms with Gasteiger partial charge in [0.1, 0.15) is 11.5 Å². The number of hydrogen-bond acceptors (Lipinski definition) is 4. The Balaban J connectivity index is 1.92. The molecule has 2 heterocycles. The van der Waals surface area contributed by atoms with Crippen LogP contribution >= 0.6 is 0 Å². The van der Waals surface area contributed by atoms with E-state index in [1.54, 1.807) is 0 Å². The maximum absolute atomic E-state index is 7.34. The third-order valence-electron chi connectivity index (χ3n) is 3.38. The molecule has 5 nitrogen and oxygen atoms in total. The Morgan fingerprint density at radius 3 is 2.47 bits per heavy atom. The molecule has 0 saturated carbocycles. The molecule has 1 saturated heterocycles. The second-order valence-electron chi connectivity index (χ2n) is 5.50. The van der Waals surface area contributed by atoms with Gasteiger partial charge in [-0.3, -0.25) is 15.3 Å². The van der Waals surface area contributed by atoms with Crippen molar-refractivity contribution in [1.29, 1.82) is 5.41 Å². The van der Waals surface area contributed by atoms with Crippen molar-refractivity contribution >= 4 is 11.5 Å². The van der Waals surface area contributed by atoms with Gasteiger partial charge in [0.15, 0.2) is 0 Å². The van der Waals surface area contributed by atoms with Gasteiger partial charge in [0, 0.05) is 32.7 Å². The monoisotopic (exact) mass is 261 g/mol.